The maximum Gasteiger partial charge on any atom is 0.243 e. The average molecular weight is 197 g/mol. The highest BCUT2D eigenvalue weighted by atomic mass is 16.2. The molecule has 0 saturated carbocycles. The Morgan fingerprint density at radius 1 is 1.29 bits per heavy atom. The molecule has 1 aromatic heterocycles. The number of nitrogens with zero attached hydrogens (tertiary/aromatic N) is 2. The highest BCUT2D eigenvalue weighted by Gasteiger charge is 2.01. The first-order valence-electron chi connectivity index (χ1n) is 5.52. The lowest BCUT2D eigenvalue weighted by molar-refractivity contribution is -0.697. The first-order valence-corrected chi connectivity index (χ1v) is 5.52. The molecule has 0 aromatic carbocycles. The number of aliphatic hydroxyl groups excluding tert-OH is 1. The van der Waals surface area contributed by atoms with Gasteiger partial charge in [0.1, 0.15) is 12.4 Å². The van der Waals surface area contributed by atoms with Crippen molar-refractivity contribution >= 4 is 0 Å². The fourth-order valence-corrected chi connectivity index (χ4v) is 1.45. The van der Waals surface area contributed by atoms with Crippen LogP contribution in [0.5, 0.6) is 0 Å². The number of hydrogen-bond acceptors (Lipinski definition) is 1. The van der Waals surface area contributed by atoms with Crippen LogP contribution >= 0.6 is 0 Å². The Kier molecular flexibility index (Phi) is 5.30. The molecule has 0 amide bonds. The topological polar surface area (TPSA) is 29.0 Å². The Hall–Kier alpha value is -0.830. The van der Waals surface area contributed by atoms with Crippen LogP contribution in [0.15, 0.2) is 18.7 Å². The molecule has 0 aliphatic heterocycles. The van der Waals surface area contributed by atoms with Gasteiger partial charge >= 0.3 is 0 Å². The van der Waals surface area contributed by atoms with Crippen molar-refractivity contribution in [3.63, 3.8) is 0 Å². The van der Waals surface area contributed by atoms with Crippen LogP contribution < -0.4 is 4.57 Å². The third-order valence-corrected chi connectivity index (χ3v) is 2.34. The molecule has 1 heterocycles. The Bertz CT molecular complexity index is 245. The molecule has 3 nitrogen and oxygen atoms in total. The monoisotopic (exact) mass is 197 g/mol. The van der Waals surface area contributed by atoms with Gasteiger partial charge in [-0.25, -0.2) is 9.13 Å². The summed E-state index contributed by atoms with van der Waals surface area (Å²) in [6.45, 7) is 4.64. The maximum atomic E-state index is 8.65. The smallest absolute Gasteiger partial charge is 0.243 e. The van der Waals surface area contributed by atoms with Crippen LogP contribution in [0.2, 0.25) is 0 Å². The highest BCUT2D eigenvalue weighted by Crippen LogP contribution is 1.94. The van der Waals surface area contributed by atoms with Crippen LogP contribution in [0.4, 0.5) is 0 Å². The van der Waals surface area contributed by atoms with Gasteiger partial charge in [-0.05, 0) is 19.3 Å². The quantitative estimate of drug-likeness (QED) is 0.519. The van der Waals surface area contributed by atoms with E-state index in [2.05, 4.69) is 34.8 Å². The summed E-state index contributed by atoms with van der Waals surface area (Å²) < 4.78 is 4.41. The van der Waals surface area contributed by atoms with Gasteiger partial charge < -0.3 is 5.11 Å². The normalized spacial score (nSPS) is 10.7. The van der Waals surface area contributed by atoms with E-state index in [4.69, 9.17) is 5.11 Å². The summed E-state index contributed by atoms with van der Waals surface area (Å²) in [6, 6.07) is 0. The predicted octanol–water partition coefficient (Wildman–Crippen LogP) is 1.35. The van der Waals surface area contributed by atoms with Crippen molar-refractivity contribution in [2.24, 2.45) is 0 Å². The van der Waals surface area contributed by atoms with E-state index < -0.39 is 0 Å². The summed E-state index contributed by atoms with van der Waals surface area (Å²) >= 11 is 0. The molecule has 0 bridgehead atoms. The summed E-state index contributed by atoms with van der Waals surface area (Å²) in [6.07, 6.45) is 10.8. The Morgan fingerprint density at radius 3 is 2.86 bits per heavy atom. The molecule has 0 aliphatic rings. The molecular formula is C11H21N2O+. The molecule has 0 saturated heterocycles. The highest BCUT2D eigenvalue weighted by molar-refractivity contribution is 4.65. The molecule has 1 N–H and O–H groups in total. The number of aryl methyl sites for hydroxylation is 2. The van der Waals surface area contributed by atoms with Crippen LogP contribution in [-0.4, -0.2) is 16.3 Å². The predicted molar refractivity (Wildman–Crippen MR) is 55.9 cm³/mol. The fourth-order valence-electron chi connectivity index (χ4n) is 1.45. The van der Waals surface area contributed by atoms with Gasteiger partial charge in [0.05, 0.1) is 13.1 Å². The minimum Gasteiger partial charge on any atom is -0.396 e. The van der Waals surface area contributed by atoms with Crippen molar-refractivity contribution in [3.8, 4) is 0 Å². The number of aromatic nitrogens is 2. The second kappa shape index (κ2) is 6.60. The van der Waals surface area contributed by atoms with Crippen LogP contribution in [-0.2, 0) is 13.1 Å². The minimum atomic E-state index is 0.303. The molecule has 0 radical (unpaired) electrons. The SMILES string of the molecule is CCCCn1cc[n+](CCCCO)c1. The maximum absolute atomic E-state index is 8.65. The van der Waals surface area contributed by atoms with Crippen molar-refractivity contribution in [2.75, 3.05) is 6.61 Å². The van der Waals surface area contributed by atoms with E-state index in [9.17, 15) is 0 Å². The molecule has 0 atom stereocenters. The lowest BCUT2D eigenvalue weighted by Gasteiger charge is -1.94. The van der Waals surface area contributed by atoms with Gasteiger partial charge in [0.15, 0.2) is 0 Å². The van der Waals surface area contributed by atoms with E-state index in [1.54, 1.807) is 0 Å². The fraction of sp³-hybridized carbons (Fsp3) is 0.727. The summed E-state index contributed by atoms with van der Waals surface area (Å²) in [5, 5.41) is 8.65. The van der Waals surface area contributed by atoms with Crippen molar-refractivity contribution in [1.29, 1.82) is 0 Å². The van der Waals surface area contributed by atoms with Crippen LogP contribution in [0.3, 0.4) is 0 Å². The first kappa shape index (κ1) is 11.2. The Balaban J connectivity index is 2.27. The first-order chi connectivity index (χ1) is 6.86. The Labute approximate surface area is 86.0 Å². The van der Waals surface area contributed by atoms with E-state index in [-0.39, 0.29) is 0 Å². The largest absolute Gasteiger partial charge is 0.396 e. The molecular weight excluding hydrogens is 176 g/mol. The number of imidazole rings is 1. The lowest BCUT2D eigenvalue weighted by atomic mass is 10.3. The minimum absolute atomic E-state index is 0.303. The van der Waals surface area contributed by atoms with Crippen molar-refractivity contribution < 1.29 is 9.67 Å². The molecule has 0 spiro atoms. The molecule has 1 aromatic rings. The van der Waals surface area contributed by atoms with E-state index in [0.717, 1.165) is 25.9 Å². The van der Waals surface area contributed by atoms with Crippen molar-refractivity contribution in [3.05, 3.63) is 18.7 Å². The molecule has 3 heteroatoms. The number of rotatable bonds is 7. The van der Waals surface area contributed by atoms with Gasteiger partial charge in [-0.1, -0.05) is 13.3 Å². The zero-order valence-electron chi connectivity index (χ0n) is 9.02. The molecule has 0 unspecified atom stereocenters. The molecule has 80 valence electrons. The number of unbranched alkanes of at least 4 members (excludes halogenated alkanes) is 2. The second-order valence-electron chi connectivity index (χ2n) is 3.67. The van der Waals surface area contributed by atoms with E-state index in [0.29, 0.717) is 6.61 Å². The van der Waals surface area contributed by atoms with Gasteiger partial charge in [0.25, 0.3) is 0 Å². The molecule has 0 aliphatic carbocycles. The van der Waals surface area contributed by atoms with Crippen LogP contribution in [0.1, 0.15) is 32.6 Å². The van der Waals surface area contributed by atoms with E-state index >= 15 is 0 Å². The summed E-state index contributed by atoms with van der Waals surface area (Å²) in [5.41, 5.74) is 0. The van der Waals surface area contributed by atoms with E-state index in [1.807, 2.05) is 0 Å². The van der Waals surface area contributed by atoms with Crippen LogP contribution in [0.25, 0.3) is 0 Å². The number of hydrogen-bond donors (Lipinski definition) is 1. The third kappa shape index (κ3) is 3.92. The molecule has 0 fully saturated rings. The lowest BCUT2D eigenvalue weighted by Crippen LogP contribution is -2.31. The summed E-state index contributed by atoms with van der Waals surface area (Å²) in [7, 11) is 0. The Morgan fingerprint density at radius 2 is 2.14 bits per heavy atom. The van der Waals surface area contributed by atoms with Gasteiger partial charge in [-0.2, -0.15) is 0 Å². The summed E-state index contributed by atoms with van der Waals surface area (Å²) in [5.74, 6) is 0. The van der Waals surface area contributed by atoms with Gasteiger partial charge in [-0.3, -0.25) is 0 Å². The zero-order valence-corrected chi connectivity index (χ0v) is 9.02. The van der Waals surface area contributed by atoms with Gasteiger partial charge in [0, 0.05) is 6.61 Å². The molecule has 14 heavy (non-hydrogen) atoms. The zero-order chi connectivity index (χ0) is 10.2. The average Bonchev–Trinajstić information content (AvgIpc) is 2.63. The summed E-state index contributed by atoms with van der Waals surface area (Å²) in [4.78, 5) is 0. The van der Waals surface area contributed by atoms with Crippen molar-refractivity contribution in [2.45, 2.75) is 45.7 Å². The van der Waals surface area contributed by atoms with Gasteiger partial charge in [-0.15, -0.1) is 0 Å². The molecule has 1 rings (SSSR count). The van der Waals surface area contributed by atoms with Crippen LogP contribution in [0, 0.1) is 0 Å². The second-order valence-corrected chi connectivity index (χ2v) is 3.67. The van der Waals surface area contributed by atoms with E-state index in [1.165, 1.54) is 12.8 Å². The van der Waals surface area contributed by atoms with Crippen molar-refractivity contribution in [1.82, 2.24) is 4.57 Å². The van der Waals surface area contributed by atoms with Gasteiger partial charge in [0.2, 0.25) is 6.33 Å². The number of aliphatic hydroxyl groups is 1. The standard InChI is InChI=1S/C11H21N2O/c1-2-3-6-12-8-9-13(11-12)7-4-5-10-14/h8-9,11,14H,2-7,10H2,1H3/q+1. The third-order valence-electron chi connectivity index (χ3n) is 2.34.